The Morgan fingerprint density at radius 2 is 1.89 bits per heavy atom. The van der Waals surface area contributed by atoms with Gasteiger partial charge in [-0.15, -0.1) is 0 Å². The second-order valence-electron chi connectivity index (χ2n) is 6.20. The molecule has 7 nitrogen and oxygen atoms in total. The highest BCUT2D eigenvalue weighted by molar-refractivity contribution is 5.74. The molecule has 2 aromatic carbocycles. The summed E-state index contributed by atoms with van der Waals surface area (Å²) in [5.74, 6) is 2.89. The lowest BCUT2D eigenvalue weighted by atomic mass is 10.0. The number of hydrogen-bond acceptors (Lipinski definition) is 5. The summed E-state index contributed by atoms with van der Waals surface area (Å²) < 4.78 is 21.5. The van der Waals surface area contributed by atoms with E-state index in [1.807, 2.05) is 36.4 Å². The van der Waals surface area contributed by atoms with Crippen molar-refractivity contribution < 1.29 is 23.7 Å². The van der Waals surface area contributed by atoms with E-state index in [0.29, 0.717) is 31.1 Å². The van der Waals surface area contributed by atoms with Gasteiger partial charge in [0.1, 0.15) is 18.1 Å². The molecule has 1 aliphatic heterocycles. The van der Waals surface area contributed by atoms with Gasteiger partial charge < -0.3 is 29.6 Å². The van der Waals surface area contributed by atoms with Gasteiger partial charge in [0.25, 0.3) is 0 Å². The minimum atomic E-state index is -0.246. The molecular formula is C20H24N2O5. The third-order valence-electron chi connectivity index (χ3n) is 4.41. The standard InChI is InChI=1S/C20H24N2O5/c1-24-16-5-7-17-14(10-16)9-15(12-27-17)22-20(23)21-11-13-4-6-18(25-2)19(8-13)26-3/h4-8,10,15H,9,11-12H2,1-3H3,(H2,21,22,23)/t15-/m1/s1. The minimum Gasteiger partial charge on any atom is -0.497 e. The number of hydrogen-bond donors (Lipinski definition) is 2. The maximum atomic E-state index is 12.2. The summed E-state index contributed by atoms with van der Waals surface area (Å²) in [6.45, 7) is 0.813. The molecule has 1 aliphatic rings. The largest absolute Gasteiger partial charge is 0.497 e. The molecule has 27 heavy (non-hydrogen) atoms. The van der Waals surface area contributed by atoms with Crippen molar-refractivity contribution in [1.29, 1.82) is 0 Å². The number of carbonyl (C=O) groups is 1. The van der Waals surface area contributed by atoms with Crippen LogP contribution in [-0.4, -0.2) is 40.0 Å². The van der Waals surface area contributed by atoms with Crippen molar-refractivity contribution in [2.45, 2.75) is 19.0 Å². The van der Waals surface area contributed by atoms with Crippen molar-refractivity contribution >= 4 is 6.03 Å². The van der Waals surface area contributed by atoms with Gasteiger partial charge in [0.2, 0.25) is 0 Å². The van der Waals surface area contributed by atoms with E-state index < -0.39 is 0 Å². The van der Waals surface area contributed by atoms with E-state index in [-0.39, 0.29) is 12.1 Å². The highest BCUT2D eigenvalue weighted by atomic mass is 16.5. The number of rotatable bonds is 6. The molecule has 0 unspecified atom stereocenters. The molecule has 0 spiro atoms. The number of amides is 2. The normalized spacial score (nSPS) is 15.1. The number of benzene rings is 2. The molecule has 1 atom stereocenters. The van der Waals surface area contributed by atoms with E-state index >= 15 is 0 Å². The summed E-state index contributed by atoms with van der Waals surface area (Å²) in [5.41, 5.74) is 1.93. The lowest BCUT2D eigenvalue weighted by Crippen LogP contribution is -2.47. The summed E-state index contributed by atoms with van der Waals surface area (Å²) in [6.07, 6.45) is 0.691. The molecule has 7 heteroatoms. The summed E-state index contributed by atoms with van der Waals surface area (Å²) in [5, 5.41) is 5.80. The first-order valence-electron chi connectivity index (χ1n) is 8.68. The molecule has 0 saturated carbocycles. The van der Waals surface area contributed by atoms with Gasteiger partial charge in [0.15, 0.2) is 11.5 Å². The third kappa shape index (κ3) is 4.55. The van der Waals surface area contributed by atoms with Crippen molar-refractivity contribution in [1.82, 2.24) is 10.6 Å². The van der Waals surface area contributed by atoms with Crippen LogP contribution in [0.15, 0.2) is 36.4 Å². The van der Waals surface area contributed by atoms with Crippen LogP contribution in [0.3, 0.4) is 0 Å². The molecule has 0 radical (unpaired) electrons. The fourth-order valence-corrected chi connectivity index (χ4v) is 3.00. The average molecular weight is 372 g/mol. The number of methoxy groups -OCH3 is 3. The second kappa shape index (κ2) is 8.53. The molecule has 3 rings (SSSR count). The summed E-state index contributed by atoms with van der Waals surface area (Å²) >= 11 is 0. The van der Waals surface area contributed by atoms with Gasteiger partial charge in [-0.25, -0.2) is 4.79 Å². The van der Waals surface area contributed by atoms with Crippen LogP contribution >= 0.6 is 0 Å². The molecule has 0 bridgehead atoms. The zero-order chi connectivity index (χ0) is 19.2. The molecule has 0 aromatic heterocycles. The molecule has 2 aromatic rings. The molecule has 2 amide bonds. The quantitative estimate of drug-likeness (QED) is 0.815. The van der Waals surface area contributed by atoms with E-state index in [1.165, 1.54) is 0 Å². The first-order chi connectivity index (χ1) is 13.1. The molecule has 0 aliphatic carbocycles. The Bertz CT molecular complexity index is 809. The fourth-order valence-electron chi connectivity index (χ4n) is 3.00. The van der Waals surface area contributed by atoms with E-state index in [2.05, 4.69) is 10.6 Å². The monoisotopic (exact) mass is 372 g/mol. The molecular weight excluding hydrogens is 348 g/mol. The van der Waals surface area contributed by atoms with Crippen LogP contribution in [0, 0.1) is 0 Å². The topological polar surface area (TPSA) is 78.1 Å². The van der Waals surface area contributed by atoms with E-state index in [0.717, 1.165) is 22.6 Å². The van der Waals surface area contributed by atoms with E-state index in [1.54, 1.807) is 21.3 Å². The van der Waals surface area contributed by atoms with Gasteiger partial charge in [0, 0.05) is 6.54 Å². The summed E-state index contributed by atoms with van der Waals surface area (Å²) in [4.78, 5) is 12.2. The molecule has 1 heterocycles. The van der Waals surface area contributed by atoms with Crippen LogP contribution in [0.25, 0.3) is 0 Å². The van der Waals surface area contributed by atoms with Gasteiger partial charge in [0.05, 0.1) is 27.4 Å². The summed E-state index contributed by atoms with van der Waals surface area (Å²) in [6, 6.07) is 10.9. The number of fused-ring (bicyclic) bond motifs is 1. The van der Waals surface area contributed by atoms with Crippen LogP contribution in [0.5, 0.6) is 23.0 Å². The Labute approximate surface area is 158 Å². The van der Waals surface area contributed by atoms with Gasteiger partial charge in [-0.2, -0.15) is 0 Å². The van der Waals surface area contributed by atoms with Crippen LogP contribution in [0.2, 0.25) is 0 Å². The van der Waals surface area contributed by atoms with Crippen molar-refractivity contribution in [3.8, 4) is 23.0 Å². The van der Waals surface area contributed by atoms with Crippen molar-refractivity contribution in [2.75, 3.05) is 27.9 Å². The smallest absolute Gasteiger partial charge is 0.315 e. The Morgan fingerprint density at radius 3 is 2.63 bits per heavy atom. The molecule has 144 valence electrons. The van der Waals surface area contributed by atoms with Crippen LogP contribution in [0.4, 0.5) is 4.79 Å². The first kappa shape index (κ1) is 18.7. The maximum absolute atomic E-state index is 12.2. The van der Waals surface area contributed by atoms with Crippen LogP contribution < -0.4 is 29.6 Å². The number of carbonyl (C=O) groups excluding carboxylic acids is 1. The Kier molecular flexibility index (Phi) is 5.90. The summed E-state index contributed by atoms with van der Waals surface area (Å²) in [7, 11) is 4.80. The number of urea groups is 1. The number of ether oxygens (including phenoxy) is 4. The second-order valence-corrected chi connectivity index (χ2v) is 6.20. The zero-order valence-corrected chi connectivity index (χ0v) is 15.7. The Morgan fingerprint density at radius 1 is 1.07 bits per heavy atom. The predicted molar refractivity (Wildman–Crippen MR) is 101 cm³/mol. The number of nitrogens with one attached hydrogen (secondary N) is 2. The van der Waals surface area contributed by atoms with Crippen molar-refractivity contribution in [2.24, 2.45) is 0 Å². The average Bonchev–Trinajstić information content (AvgIpc) is 2.71. The van der Waals surface area contributed by atoms with Crippen molar-refractivity contribution in [3.63, 3.8) is 0 Å². The Hall–Kier alpha value is -3.09. The SMILES string of the molecule is COc1ccc2c(c1)C[C@@H](NC(=O)NCc1ccc(OC)c(OC)c1)CO2. The predicted octanol–water partition coefficient (Wildman–Crippen LogP) is 2.52. The maximum Gasteiger partial charge on any atom is 0.315 e. The zero-order valence-electron chi connectivity index (χ0n) is 15.7. The van der Waals surface area contributed by atoms with Gasteiger partial charge >= 0.3 is 6.03 Å². The first-order valence-corrected chi connectivity index (χ1v) is 8.68. The van der Waals surface area contributed by atoms with E-state index in [9.17, 15) is 4.79 Å². The van der Waals surface area contributed by atoms with Gasteiger partial charge in [-0.3, -0.25) is 0 Å². The lowest BCUT2D eigenvalue weighted by Gasteiger charge is -2.26. The Balaban J connectivity index is 1.54. The van der Waals surface area contributed by atoms with Crippen LogP contribution in [0.1, 0.15) is 11.1 Å². The third-order valence-corrected chi connectivity index (χ3v) is 4.41. The lowest BCUT2D eigenvalue weighted by molar-refractivity contribution is 0.214. The highest BCUT2D eigenvalue weighted by Crippen LogP contribution is 2.29. The molecule has 0 saturated heterocycles. The highest BCUT2D eigenvalue weighted by Gasteiger charge is 2.22. The molecule has 2 N–H and O–H groups in total. The van der Waals surface area contributed by atoms with Gasteiger partial charge in [-0.1, -0.05) is 6.07 Å². The van der Waals surface area contributed by atoms with Gasteiger partial charge in [-0.05, 0) is 47.9 Å². The molecule has 0 fully saturated rings. The minimum absolute atomic E-state index is 0.102. The van der Waals surface area contributed by atoms with E-state index in [4.69, 9.17) is 18.9 Å². The fraction of sp³-hybridized carbons (Fsp3) is 0.350. The van der Waals surface area contributed by atoms with Crippen molar-refractivity contribution in [3.05, 3.63) is 47.5 Å². The van der Waals surface area contributed by atoms with Crippen LogP contribution in [-0.2, 0) is 13.0 Å².